The summed E-state index contributed by atoms with van der Waals surface area (Å²) in [6, 6.07) is 14.3. The summed E-state index contributed by atoms with van der Waals surface area (Å²) in [6.07, 6.45) is -0.840. The highest BCUT2D eigenvalue weighted by Crippen LogP contribution is 2.24. The first-order chi connectivity index (χ1) is 8.66. The van der Waals surface area contributed by atoms with Gasteiger partial charge in [-0.3, -0.25) is 0 Å². The van der Waals surface area contributed by atoms with Crippen molar-refractivity contribution in [2.75, 3.05) is 6.61 Å². The van der Waals surface area contributed by atoms with Crippen LogP contribution in [0.3, 0.4) is 0 Å². The van der Waals surface area contributed by atoms with Gasteiger partial charge in [0, 0.05) is 5.56 Å². The van der Waals surface area contributed by atoms with E-state index in [1.165, 1.54) is 0 Å². The molecule has 0 fully saturated rings. The molecule has 2 aromatic rings. The van der Waals surface area contributed by atoms with Gasteiger partial charge in [0.25, 0.3) is 0 Å². The van der Waals surface area contributed by atoms with Crippen molar-refractivity contribution in [1.29, 1.82) is 0 Å². The van der Waals surface area contributed by atoms with E-state index in [4.69, 9.17) is 4.74 Å². The van der Waals surface area contributed by atoms with Crippen LogP contribution in [0.15, 0.2) is 48.5 Å². The highest BCUT2D eigenvalue weighted by atomic mass is 16.5. The molecule has 0 radical (unpaired) electrons. The third-order valence-electron chi connectivity index (χ3n) is 2.72. The zero-order valence-electron chi connectivity index (χ0n) is 10.2. The second-order valence-electron chi connectivity index (χ2n) is 4.20. The van der Waals surface area contributed by atoms with Gasteiger partial charge in [0.1, 0.15) is 24.2 Å². The number of aliphatic hydroxyl groups excluding tert-OH is 1. The van der Waals surface area contributed by atoms with Crippen molar-refractivity contribution in [3.63, 3.8) is 0 Å². The number of hydrogen-bond acceptors (Lipinski definition) is 3. The molecule has 2 aromatic carbocycles. The van der Waals surface area contributed by atoms with Crippen LogP contribution >= 0.6 is 0 Å². The van der Waals surface area contributed by atoms with Crippen LogP contribution in [-0.2, 0) is 0 Å². The quantitative estimate of drug-likeness (QED) is 0.869. The molecule has 0 amide bonds. The number of phenols is 1. The van der Waals surface area contributed by atoms with Crippen molar-refractivity contribution >= 4 is 0 Å². The largest absolute Gasteiger partial charge is 0.508 e. The van der Waals surface area contributed by atoms with Gasteiger partial charge in [-0.15, -0.1) is 0 Å². The number of phenolic OH excluding ortho intramolecular Hbond substituents is 1. The molecule has 18 heavy (non-hydrogen) atoms. The molecule has 2 rings (SSSR count). The minimum atomic E-state index is -0.840. The van der Waals surface area contributed by atoms with Gasteiger partial charge in [-0.25, -0.2) is 0 Å². The number of rotatable bonds is 4. The monoisotopic (exact) mass is 244 g/mol. The first kappa shape index (κ1) is 12.5. The van der Waals surface area contributed by atoms with Crippen LogP contribution in [0.4, 0.5) is 0 Å². The lowest BCUT2D eigenvalue weighted by molar-refractivity contribution is 0.106. The maximum atomic E-state index is 9.93. The fraction of sp³-hybridized carbons (Fsp3) is 0.200. The molecule has 94 valence electrons. The summed E-state index contributed by atoms with van der Waals surface area (Å²) in [6.45, 7) is 2.11. The van der Waals surface area contributed by atoms with Crippen molar-refractivity contribution < 1.29 is 14.9 Å². The molecule has 0 heterocycles. The van der Waals surface area contributed by atoms with Gasteiger partial charge in [-0.2, -0.15) is 0 Å². The predicted molar refractivity (Wildman–Crippen MR) is 69.7 cm³/mol. The number of hydrogen-bond donors (Lipinski definition) is 2. The average molecular weight is 244 g/mol. The van der Waals surface area contributed by atoms with Gasteiger partial charge in [-0.1, -0.05) is 35.9 Å². The van der Waals surface area contributed by atoms with Gasteiger partial charge >= 0.3 is 0 Å². The molecule has 0 saturated heterocycles. The highest BCUT2D eigenvalue weighted by Gasteiger charge is 2.12. The van der Waals surface area contributed by atoms with Crippen molar-refractivity contribution in [2.45, 2.75) is 13.0 Å². The van der Waals surface area contributed by atoms with E-state index in [9.17, 15) is 10.2 Å². The van der Waals surface area contributed by atoms with Gasteiger partial charge in [0.2, 0.25) is 0 Å². The maximum absolute atomic E-state index is 9.93. The van der Waals surface area contributed by atoms with Gasteiger partial charge in [0.05, 0.1) is 0 Å². The zero-order chi connectivity index (χ0) is 13.0. The molecule has 0 aliphatic rings. The Balaban J connectivity index is 1.98. The number of aryl methyl sites for hydroxylation is 1. The highest BCUT2D eigenvalue weighted by molar-refractivity contribution is 5.34. The first-order valence-electron chi connectivity index (χ1n) is 5.82. The van der Waals surface area contributed by atoms with Gasteiger partial charge < -0.3 is 14.9 Å². The summed E-state index contributed by atoms with van der Waals surface area (Å²) in [5, 5.41) is 19.5. The summed E-state index contributed by atoms with van der Waals surface area (Å²) in [4.78, 5) is 0. The summed E-state index contributed by atoms with van der Waals surface area (Å²) in [7, 11) is 0. The van der Waals surface area contributed by atoms with Crippen LogP contribution in [0.25, 0.3) is 0 Å². The van der Waals surface area contributed by atoms with E-state index in [0.717, 1.165) is 5.56 Å². The normalized spacial score (nSPS) is 12.1. The second kappa shape index (κ2) is 5.56. The third-order valence-corrected chi connectivity index (χ3v) is 2.72. The predicted octanol–water partition coefficient (Wildman–Crippen LogP) is 2.81. The van der Waals surface area contributed by atoms with E-state index in [1.54, 1.807) is 24.3 Å². The molecule has 0 aromatic heterocycles. The van der Waals surface area contributed by atoms with Crippen molar-refractivity contribution in [2.24, 2.45) is 0 Å². The molecule has 1 unspecified atom stereocenters. The van der Waals surface area contributed by atoms with Crippen LogP contribution < -0.4 is 4.74 Å². The fourth-order valence-electron chi connectivity index (χ4n) is 1.67. The van der Waals surface area contributed by atoms with Crippen molar-refractivity contribution in [3.8, 4) is 11.5 Å². The summed E-state index contributed by atoms with van der Waals surface area (Å²) >= 11 is 0. The van der Waals surface area contributed by atoms with E-state index in [-0.39, 0.29) is 12.4 Å². The molecule has 0 bridgehead atoms. The molecular weight excluding hydrogens is 228 g/mol. The molecule has 0 aliphatic carbocycles. The molecular formula is C15H16O3. The Bertz CT molecular complexity index is 505. The number of ether oxygens (including phenoxy) is 1. The summed E-state index contributed by atoms with van der Waals surface area (Å²) < 4.78 is 5.47. The van der Waals surface area contributed by atoms with E-state index in [2.05, 4.69) is 0 Å². The smallest absolute Gasteiger partial charge is 0.121 e. The summed E-state index contributed by atoms with van der Waals surface area (Å²) in [5.74, 6) is 0.785. The lowest BCUT2D eigenvalue weighted by Crippen LogP contribution is -2.09. The Morgan fingerprint density at radius 2 is 1.72 bits per heavy atom. The number of para-hydroxylation sites is 1. The Hall–Kier alpha value is -2.00. The lowest BCUT2D eigenvalue weighted by atomic mass is 10.1. The fourth-order valence-corrected chi connectivity index (χ4v) is 1.67. The van der Waals surface area contributed by atoms with E-state index >= 15 is 0 Å². The second-order valence-corrected chi connectivity index (χ2v) is 4.20. The van der Waals surface area contributed by atoms with Crippen LogP contribution in [0, 0.1) is 6.92 Å². The van der Waals surface area contributed by atoms with E-state index < -0.39 is 6.10 Å². The van der Waals surface area contributed by atoms with E-state index in [1.807, 2.05) is 31.2 Å². The van der Waals surface area contributed by atoms with Crippen LogP contribution in [-0.4, -0.2) is 16.8 Å². The first-order valence-corrected chi connectivity index (χ1v) is 5.82. The van der Waals surface area contributed by atoms with E-state index in [0.29, 0.717) is 11.3 Å². The van der Waals surface area contributed by atoms with Crippen LogP contribution in [0.1, 0.15) is 17.2 Å². The Labute approximate surface area is 106 Å². The van der Waals surface area contributed by atoms with Gasteiger partial charge in [-0.05, 0) is 25.1 Å². The Kier molecular flexibility index (Phi) is 3.85. The lowest BCUT2D eigenvalue weighted by Gasteiger charge is -2.13. The van der Waals surface area contributed by atoms with Crippen molar-refractivity contribution in [3.05, 3.63) is 59.7 Å². The Morgan fingerprint density at radius 3 is 2.39 bits per heavy atom. The van der Waals surface area contributed by atoms with Crippen LogP contribution in [0.5, 0.6) is 11.5 Å². The summed E-state index contributed by atoms with van der Waals surface area (Å²) in [5.41, 5.74) is 1.63. The minimum absolute atomic E-state index is 0.0810. The third kappa shape index (κ3) is 3.02. The van der Waals surface area contributed by atoms with Crippen LogP contribution in [0.2, 0.25) is 0 Å². The zero-order valence-corrected chi connectivity index (χ0v) is 10.2. The Morgan fingerprint density at radius 1 is 1.06 bits per heavy atom. The topological polar surface area (TPSA) is 49.7 Å². The van der Waals surface area contributed by atoms with Crippen molar-refractivity contribution in [1.82, 2.24) is 0 Å². The number of aliphatic hydroxyl groups is 1. The minimum Gasteiger partial charge on any atom is -0.508 e. The SMILES string of the molecule is Cc1ccc(OCC(O)c2ccccc2O)cc1. The average Bonchev–Trinajstić information content (AvgIpc) is 2.38. The van der Waals surface area contributed by atoms with Gasteiger partial charge in [0.15, 0.2) is 0 Å². The molecule has 3 heteroatoms. The molecule has 0 aliphatic heterocycles. The number of benzene rings is 2. The standard InChI is InChI=1S/C15H16O3/c1-11-6-8-12(9-7-11)18-10-15(17)13-4-2-3-5-14(13)16/h2-9,15-17H,10H2,1H3. The molecule has 0 saturated carbocycles. The maximum Gasteiger partial charge on any atom is 0.121 e. The molecule has 3 nitrogen and oxygen atoms in total. The molecule has 1 atom stereocenters. The number of aromatic hydroxyl groups is 1. The molecule has 2 N–H and O–H groups in total. The molecule has 0 spiro atoms.